The minimum absolute atomic E-state index is 0.118. The zero-order valence-electron chi connectivity index (χ0n) is 10.6. The molecular weight excluding hydrogens is 256 g/mol. The number of amides is 1. The van der Waals surface area contributed by atoms with Gasteiger partial charge in [0.2, 0.25) is 5.91 Å². The van der Waals surface area contributed by atoms with E-state index in [1.54, 1.807) is 12.1 Å². The maximum Gasteiger partial charge on any atom is 0.303 e. The van der Waals surface area contributed by atoms with E-state index in [0.29, 0.717) is 11.3 Å². The lowest BCUT2D eigenvalue weighted by molar-refractivity contribution is -0.138. The summed E-state index contributed by atoms with van der Waals surface area (Å²) < 4.78 is 0. The summed E-state index contributed by atoms with van der Waals surface area (Å²) in [4.78, 5) is 22.1. The number of nitrogens with one attached hydrogen (secondary N) is 1. The molecule has 1 amide bonds. The number of nitriles is 1. The van der Waals surface area contributed by atoms with Crippen molar-refractivity contribution in [1.82, 2.24) is 0 Å². The topological polar surface area (TPSA) is 90.2 Å². The van der Waals surface area contributed by atoms with Gasteiger partial charge in [0.05, 0.1) is 17.7 Å². The summed E-state index contributed by atoms with van der Waals surface area (Å²) in [6, 6.07) is 12.9. The lowest BCUT2D eigenvalue weighted by Crippen LogP contribution is -2.14. The molecule has 20 heavy (non-hydrogen) atoms. The molecule has 0 saturated heterocycles. The Morgan fingerprint density at radius 2 is 1.90 bits per heavy atom. The molecule has 0 bridgehead atoms. The molecule has 0 aliphatic rings. The number of carboxylic acid groups (broad SMARTS) is 1. The van der Waals surface area contributed by atoms with Gasteiger partial charge in [0.25, 0.3) is 0 Å². The van der Waals surface area contributed by atoms with Gasteiger partial charge in [0.15, 0.2) is 0 Å². The van der Waals surface area contributed by atoms with Crippen LogP contribution in [0.3, 0.4) is 0 Å². The maximum atomic E-state index is 11.6. The fourth-order valence-corrected chi connectivity index (χ4v) is 1.93. The van der Waals surface area contributed by atoms with E-state index < -0.39 is 11.9 Å². The van der Waals surface area contributed by atoms with Crippen molar-refractivity contribution in [3.63, 3.8) is 0 Å². The third kappa shape index (κ3) is 2.93. The first-order valence-corrected chi connectivity index (χ1v) is 6.05. The molecule has 0 heterocycles. The number of nitrogens with zero attached hydrogens (tertiary/aromatic N) is 1. The van der Waals surface area contributed by atoms with Crippen LogP contribution in [0.1, 0.15) is 18.4 Å². The van der Waals surface area contributed by atoms with Crippen molar-refractivity contribution in [3.05, 3.63) is 42.0 Å². The van der Waals surface area contributed by atoms with Crippen molar-refractivity contribution in [3.8, 4) is 6.07 Å². The molecule has 2 N–H and O–H groups in total. The van der Waals surface area contributed by atoms with E-state index in [0.717, 1.165) is 10.8 Å². The lowest BCUT2D eigenvalue weighted by Gasteiger charge is -2.09. The van der Waals surface area contributed by atoms with Gasteiger partial charge in [0.1, 0.15) is 6.07 Å². The SMILES string of the molecule is N#Cc1c(NC(=O)CCC(=O)O)ccc2ccccc12. The van der Waals surface area contributed by atoms with E-state index in [9.17, 15) is 14.9 Å². The van der Waals surface area contributed by atoms with E-state index >= 15 is 0 Å². The molecule has 0 radical (unpaired) electrons. The fraction of sp³-hybridized carbons (Fsp3) is 0.133. The first-order valence-electron chi connectivity index (χ1n) is 6.05. The molecular formula is C15H12N2O3. The Balaban J connectivity index is 2.29. The molecule has 0 aromatic heterocycles. The first-order chi connectivity index (χ1) is 9.61. The normalized spacial score (nSPS) is 9.95. The lowest BCUT2D eigenvalue weighted by atomic mass is 10.0. The van der Waals surface area contributed by atoms with Crippen molar-refractivity contribution >= 4 is 28.3 Å². The van der Waals surface area contributed by atoms with Crippen LogP contribution in [-0.2, 0) is 9.59 Å². The van der Waals surface area contributed by atoms with Gasteiger partial charge < -0.3 is 10.4 Å². The smallest absolute Gasteiger partial charge is 0.303 e. The summed E-state index contributed by atoms with van der Waals surface area (Å²) in [5.41, 5.74) is 0.786. The van der Waals surface area contributed by atoms with Gasteiger partial charge in [-0.25, -0.2) is 0 Å². The van der Waals surface area contributed by atoms with E-state index in [2.05, 4.69) is 11.4 Å². The van der Waals surface area contributed by atoms with Gasteiger partial charge in [0, 0.05) is 11.8 Å². The Morgan fingerprint density at radius 1 is 1.15 bits per heavy atom. The molecule has 0 saturated carbocycles. The highest BCUT2D eigenvalue weighted by Crippen LogP contribution is 2.25. The van der Waals surface area contributed by atoms with E-state index in [1.165, 1.54) is 0 Å². The number of hydrogen-bond acceptors (Lipinski definition) is 3. The van der Waals surface area contributed by atoms with Gasteiger partial charge in [-0.15, -0.1) is 0 Å². The van der Waals surface area contributed by atoms with Crippen molar-refractivity contribution in [2.45, 2.75) is 12.8 Å². The first kappa shape index (κ1) is 13.6. The average molecular weight is 268 g/mol. The predicted octanol–water partition coefficient (Wildman–Crippen LogP) is 2.51. The van der Waals surface area contributed by atoms with Gasteiger partial charge in [-0.1, -0.05) is 30.3 Å². The van der Waals surface area contributed by atoms with Gasteiger partial charge in [-0.3, -0.25) is 9.59 Å². The van der Waals surface area contributed by atoms with Gasteiger partial charge >= 0.3 is 5.97 Å². The quantitative estimate of drug-likeness (QED) is 0.891. The van der Waals surface area contributed by atoms with Crippen LogP contribution in [0, 0.1) is 11.3 Å². The van der Waals surface area contributed by atoms with Crippen LogP contribution < -0.4 is 5.32 Å². The number of carboxylic acids is 1. The Labute approximate surface area is 115 Å². The molecule has 2 aromatic carbocycles. The summed E-state index contributed by atoms with van der Waals surface area (Å²) in [6.45, 7) is 0. The summed E-state index contributed by atoms with van der Waals surface area (Å²) in [5.74, 6) is -1.45. The second-order valence-electron chi connectivity index (χ2n) is 4.26. The Kier molecular flexibility index (Phi) is 3.96. The number of fused-ring (bicyclic) bond motifs is 1. The average Bonchev–Trinajstić information content (AvgIpc) is 2.45. The van der Waals surface area contributed by atoms with E-state index in [4.69, 9.17) is 5.11 Å². The van der Waals surface area contributed by atoms with Crippen LogP contribution in [0.5, 0.6) is 0 Å². The standard InChI is InChI=1S/C15H12N2O3/c16-9-12-11-4-2-1-3-10(11)5-6-13(12)17-14(18)7-8-15(19)20/h1-6H,7-8H2,(H,17,18)(H,19,20). The Hall–Kier alpha value is -2.87. The Bertz CT molecular complexity index is 717. The van der Waals surface area contributed by atoms with E-state index in [-0.39, 0.29) is 12.8 Å². The zero-order chi connectivity index (χ0) is 14.5. The molecule has 0 aliphatic heterocycles. The minimum atomic E-state index is -1.03. The maximum absolute atomic E-state index is 11.6. The second-order valence-corrected chi connectivity index (χ2v) is 4.26. The number of hydrogen-bond donors (Lipinski definition) is 2. The largest absolute Gasteiger partial charge is 0.481 e. The molecule has 0 spiro atoms. The number of benzene rings is 2. The second kappa shape index (κ2) is 5.85. The zero-order valence-corrected chi connectivity index (χ0v) is 10.6. The molecule has 0 unspecified atom stereocenters. The predicted molar refractivity (Wildman–Crippen MR) is 74.2 cm³/mol. The summed E-state index contributed by atoms with van der Waals surface area (Å²) >= 11 is 0. The molecule has 0 fully saturated rings. The van der Waals surface area contributed by atoms with E-state index in [1.807, 2.05) is 24.3 Å². The number of anilines is 1. The van der Waals surface area contributed by atoms with Crippen LogP contribution in [0.4, 0.5) is 5.69 Å². The molecule has 5 nitrogen and oxygen atoms in total. The number of carbonyl (C=O) groups is 2. The highest BCUT2D eigenvalue weighted by Gasteiger charge is 2.11. The van der Waals surface area contributed by atoms with Crippen LogP contribution in [0.2, 0.25) is 0 Å². The minimum Gasteiger partial charge on any atom is -0.481 e. The fourth-order valence-electron chi connectivity index (χ4n) is 1.93. The van der Waals surface area contributed by atoms with Crippen LogP contribution in [0.15, 0.2) is 36.4 Å². The molecule has 0 atom stereocenters. The summed E-state index contributed by atoms with van der Waals surface area (Å²) in [6.07, 6.45) is -0.353. The molecule has 5 heteroatoms. The highest BCUT2D eigenvalue weighted by atomic mass is 16.4. The number of aliphatic carboxylic acids is 1. The van der Waals surface area contributed by atoms with Crippen molar-refractivity contribution < 1.29 is 14.7 Å². The number of rotatable bonds is 4. The molecule has 2 aromatic rings. The molecule has 100 valence electrons. The van der Waals surface area contributed by atoms with Crippen LogP contribution >= 0.6 is 0 Å². The van der Waals surface area contributed by atoms with Crippen molar-refractivity contribution in [1.29, 1.82) is 5.26 Å². The van der Waals surface area contributed by atoms with Gasteiger partial charge in [-0.05, 0) is 11.5 Å². The molecule has 2 rings (SSSR count). The highest BCUT2D eigenvalue weighted by molar-refractivity contribution is 5.99. The van der Waals surface area contributed by atoms with Crippen LogP contribution in [0.25, 0.3) is 10.8 Å². The Morgan fingerprint density at radius 3 is 2.60 bits per heavy atom. The summed E-state index contributed by atoms with van der Waals surface area (Å²) in [7, 11) is 0. The van der Waals surface area contributed by atoms with Gasteiger partial charge in [-0.2, -0.15) is 5.26 Å². The third-order valence-corrected chi connectivity index (χ3v) is 2.88. The van der Waals surface area contributed by atoms with Crippen LogP contribution in [-0.4, -0.2) is 17.0 Å². The van der Waals surface area contributed by atoms with Crippen molar-refractivity contribution in [2.75, 3.05) is 5.32 Å². The molecule has 0 aliphatic carbocycles. The summed E-state index contributed by atoms with van der Waals surface area (Å²) in [5, 5.41) is 22.0. The number of carbonyl (C=O) groups excluding carboxylic acids is 1. The van der Waals surface area contributed by atoms with Crippen molar-refractivity contribution in [2.24, 2.45) is 0 Å². The monoisotopic (exact) mass is 268 g/mol. The third-order valence-electron chi connectivity index (χ3n) is 2.88.